The second kappa shape index (κ2) is 8.34. The normalized spacial score (nSPS) is 11.3. The summed E-state index contributed by atoms with van der Waals surface area (Å²) in [6.07, 6.45) is 1.95. The maximum atomic E-state index is 11.8. The van der Waals surface area contributed by atoms with Crippen LogP contribution in [-0.2, 0) is 11.3 Å². The first kappa shape index (κ1) is 15.3. The maximum Gasteiger partial charge on any atom is 0.223 e. The SMILES string of the molecule is CCCC(C)C(=O)NCc1cccc(C#CCN)c1. The number of amides is 1. The van der Waals surface area contributed by atoms with Gasteiger partial charge in [-0.2, -0.15) is 0 Å². The van der Waals surface area contributed by atoms with Gasteiger partial charge in [-0.05, 0) is 24.1 Å². The van der Waals surface area contributed by atoms with Crippen LogP contribution in [0.2, 0.25) is 0 Å². The van der Waals surface area contributed by atoms with Gasteiger partial charge in [-0.3, -0.25) is 4.79 Å². The molecule has 0 aliphatic rings. The van der Waals surface area contributed by atoms with Crippen molar-refractivity contribution in [2.45, 2.75) is 33.2 Å². The maximum absolute atomic E-state index is 11.8. The summed E-state index contributed by atoms with van der Waals surface area (Å²) in [4.78, 5) is 11.8. The van der Waals surface area contributed by atoms with Crippen LogP contribution in [0, 0.1) is 17.8 Å². The van der Waals surface area contributed by atoms with Crippen molar-refractivity contribution in [2.75, 3.05) is 6.54 Å². The lowest BCUT2D eigenvalue weighted by molar-refractivity contribution is -0.124. The Balaban J connectivity index is 2.56. The van der Waals surface area contributed by atoms with Gasteiger partial charge in [0, 0.05) is 18.0 Å². The molecule has 1 aromatic carbocycles. The summed E-state index contributed by atoms with van der Waals surface area (Å²) in [7, 11) is 0. The second-order valence-electron chi connectivity index (χ2n) is 4.61. The zero-order chi connectivity index (χ0) is 14.1. The van der Waals surface area contributed by atoms with Crippen LogP contribution < -0.4 is 11.1 Å². The fraction of sp³-hybridized carbons (Fsp3) is 0.438. The molecule has 0 aromatic heterocycles. The first-order valence-electron chi connectivity index (χ1n) is 6.73. The molecule has 1 unspecified atom stereocenters. The van der Waals surface area contributed by atoms with Crippen LogP contribution in [0.5, 0.6) is 0 Å². The molecule has 19 heavy (non-hydrogen) atoms. The molecule has 1 aromatic rings. The van der Waals surface area contributed by atoms with Crippen molar-refractivity contribution in [3.8, 4) is 11.8 Å². The van der Waals surface area contributed by atoms with Gasteiger partial charge < -0.3 is 11.1 Å². The van der Waals surface area contributed by atoms with Crippen LogP contribution in [0.25, 0.3) is 0 Å². The molecule has 0 aliphatic carbocycles. The standard InChI is InChI=1S/C16H22N2O/c1-3-6-13(2)16(19)18-12-15-8-4-7-14(11-15)9-5-10-17/h4,7-8,11,13H,3,6,10,12,17H2,1-2H3,(H,18,19). The molecule has 1 amide bonds. The highest BCUT2D eigenvalue weighted by atomic mass is 16.1. The van der Waals surface area contributed by atoms with Gasteiger partial charge in [0.25, 0.3) is 0 Å². The number of benzene rings is 1. The molecular weight excluding hydrogens is 236 g/mol. The van der Waals surface area contributed by atoms with E-state index >= 15 is 0 Å². The third-order valence-corrected chi connectivity index (χ3v) is 2.90. The van der Waals surface area contributed by atoms with E-state index in [1.807, 2.05) is 31.2 Å². The van der Waals surface area contributed by atoms with Crippen LogP contribution in [0.15, 0.2) is 24.3 Å². The largest absolute Gasteiger partial charge is 0.352 e. The summed E-state index contributed by atoms with van der Waals surface area (Å²) in [5, 5.41) is 2.96. The average molecular weight is 258 g/mol. The monoisotopic (exact) mass is 258 g/mol. The van der Waals surface area contributed by atoms with Gasteiger partial charge in [0.1, 0.15) is 0 Å². The van der Waals surface area contributed by atoms with Crippen LogP contribution in [0.3, 0.4) is 0 Å². The van der Waals surface area contributed by atoms with Gasteiger partial charge in [0.2, 0.25) is 5.91 Å². The Labute approximate surface area is 115 Å². The Morgan fingerprint density at radius 3 is 2.95 bits per heavy atom. The third kappa shape index (κ3) is 5.58. The Morgan fingerprint density at radius 1 is 1.47 bits per heavy atom. The number of nitrogens with one attached hydrogen (secondary N) is 1. The molecule has 0 aliphatic heterocycles. The van der Waals surface area contributed by atoms with Crippen LogP contribution >= 0.6 is 0 Å². The van der Waals surface area contributed by atoms with Crippen molar-refractivity contribution in [3.63, 3.8) is 0 Å². The first-order valence-corrected chi connectivity index (χ1v) is 6.73. The van der Waals surface area contributed by atoms with Crippen molar-refractivity contribution >= 4 is 5.91 Å². The number of carbonyl (C=O) groups is 1. The molecule has 0 radical (unpaired) electrons. The van der Waals surface area contributed by atoms with Crippen LogP contribution in [-0.4, -0.2) is 12.5 Å². The van der Waals surface area contributed by atoms with E-state index in [1.54, 1.807) is 0 Å². The predicted octanol–water partition coefficient (Wildman–Crippen LogP) is 2.05. The fourth-order valence-electron chi connectivity index (χ4n) is 1.84. The summed E-state index contributed by atoms with van der Waals surface area (Å²) in [6.45, 7) is 4.95. The smallest absolute Gasteiger partial charge is 0.223 e. The Kier molecular flexibility index (Phi) is 6.70. The van der Waals surface area contributed by atoms with Crippen molar-refractivity contribution in [2.24, 2.45) is 11.7 Å². The van der Waals surface area contributed by atoms with Crippen LogP contribution in [0.1, 0.15) is 37.8 Å². The molecule has 3 nitrogen and oxygen atoms in total. The van der Waals surface area contributed by atoms with E-state index in [-0.39, 0.29) is 11.8 Å². The van der Waals surface area contributed by atoms with Crippen molar-refractivity contribution < 1.29 is 4.79 Å². The minimum atomic E-state index is 0.0743. The lowest BCUT2D eigenvalue weighted by atomic mass is 10.1. The molecule has 3 N–H and O–H groups in total. The van der Waals surface area contributed by atoms with Gasteiger partial charge in [0.15, 0.2) is 0 Å². The van der Waals surface area contributed by atoms with E-state index in [2.05, 4.69) is 24.1 Å². The van der Waals surface area contributed by atoms with Crippen molar-refractivity contribution in [1.29, 1.82) is 0 Å². The molecule has 0 bridgehead atoms. The lowest BCUT2D eigenvalue weighted by Gasteiger charge is -2.11. The summed E-state index contributed by atoms with van der Waals surface area (Å²) in [5.41, 5.74) is 7.33. The van der Waals surface area contributed by atoms with E-state index in [0.717, 1.165) is 24.0 Å². The van der Waals surface area contributed by atoms with E-state index in [4.69, 9.17) is 5.73 Å². The lowest BCUT2D eigenvalue weighted by Crippen LogP contribution is -2.28. The van der Waals surface area contributed by atoms with E-state index < -0.39 is 0 Å². The fourth-order valence-corrected chi connectivity index (χ4v) is 1.84. The second-order valence-corrected chi connectivity index (χ2v) is 4.61. The molecule has 0 fully saturated rings. The summed E-state index contributed by atoms with van der Waals surface area (Å²) < 4.78 is 0. The molecule has 0 heterocycles. The third-order valence-electron chi connectivity index (χ3n) is 2.90. The number of rotatable bonds is 5. The van der Waals surface area contributed by atoms with E-state index in [0.29, 0.717) is 13.1 Å². The molecule has 0 saturated carbocycles. The zero-order valence-corrected chi connectivity index (χ0v) is 11.7. The van der Waals surface area contributed by atoms with Crippen molar-refractivity contribution in [1.82, 2.24) is 5.32 Å². The first-order chi connectivity index (χ1) is 9.17. The van der Waals surface area contributed by atoms with E-state index in [9.17, 15) is 4.79 Å². The molecule has 3 heteroatoms. The number of hydrogen-bond donors (Lipinski definition) is 2. The summed E-state index contributed by atoms with van der Waals surface area (Å²) >= 11 is 0. The number of hydrogen-bond acceptors (Lipinski definition) is 2. The van der Waals surface area contributed by atoms with Crippen molar-refractivity contribution in [3.05, 3.63) is 35.4 Å². The molecule has 0 spiro atoms. The quantitative estimate of drug-likeness (QED) is 0.794. The Hall–Kier alpha value is -1.79. The average Bonchev–Trinajstić information content (AvgIpc) is 2.43. The summed E-state index contributed by atoms with van der Waals surface area (Å²) in [6, 6.07) is 7.84. The van der Waals surface area contributed by atoms with E-state index in [1.165, 1.54) is 0 Å². The topological polar surface area (TPSA) is 55.1 Å². The van der Waals surface area contributed by atoms with Gasteiger partial charge >= 0.3 is 0 Å². The molecule has 102 valence electrons. The number of nitrogens with two attached hydrogens (primary N) is 1. The Bertz CT molecular complexity index is 471. The predicted molar refractivity (Wildman–Crippen MR) is 78.3 cm³/mol. The minimum Gasteiger partial charge on any atom is -0.352 e. The van der Waals surface area contributed by atoms with Gasteiger partial charge in [0.05, 0.1) is 6.54 Å². The molecule has 1 rings (SSSR count). The zero-order valence-electron chi connectivity index (χ0n) is 11.7. The van der Waals surface area contributed by atoms with Gasteiger partial charge in [-0.25, -0.2) is 0 Å². The van der Waals surface area contributed by atoms with Crippen LogP contribution in [0.4, 0.5) is 0 Å². The van der Waals surface area contributed by atoms with Gasteiger partial charge in [-0.15, -0.1) is 0 Å². The number of carbonyl (C=O) groups excluding carboxylic acids is 1. The molecule has 0 saturated heterocycles. The highest BCUT2D eigenvalue weighted by molar-refractivity contribution is 5.78. The Morgan fingerprint density at radius 2 is 2.26 bits per heavy atom. The molecular formula is C16H22N2O. The molecule has 1 atom stereocenters. The van der Waals surface area contributed by atoms with Gasteiger partial charge in [-0.1, -0.05) is 44.2 Å². The highest BCUT2D eigenvalue weighted by Gasteiger charge is 2.10. The summed E-state index contributed by atoms with van der Waals surface area (Å²) in [5.74, 6) is 6.00. The highest BCUT2D eigenvalue weighted by Crippen LogP contribution is 2.07. The minimum absolute atomic E-state index is 0.0743.